The Morgan fingerprint density at radius 1 is 1.50 bits per heavy atom. The summed E-state index contributed by atoms with van der Waals surface area (Å²) in [5, 5.41) is 16.7. The van der Waals surface area contributed by atoms with Gasteiger partial charge in [-0.05, 0) is 6.07 Å². The minimum atomic E-state index is -0.914. The molecule has 14 heavy (non-hydrogen) atoms. The van der Waals surface area contributed by atoms with E-state index in [4.69, 9.17) is 14.6 Å². The van der Waals surface area contributed by atoms with Gasteiger partial charge < -0.3 is 19.7 Å². The van der Waals surface area contributed by atoms with Gasteiger partial charge in [0.1, 0.15) is 12.4 Å². The molecule has 0 fully saturated rings. The van der Waals surface area contributed by atoms with Crippen LogP contribution in [0.1, 0.15) is 12.0 Å². The van der Waals surface area contributed by atoms with Gasteiger partial charge in [0, 0.05) is 6.54 Å². The van der Waals surface area contributed by atoms with Crippen LogP contribution in [0, 0.1) is 0 Å². The molecule has 6 nitrogen and oxygen atoms in total. The Morgan fingerprint density at radius 2 is 2.36 bits per heavy atom. The highest BCUT2D eigenvalue weighted by atomic mass is 16.4. The van der Waals surface area contributed by atoms with Crippen LogP contribution in [0.25, 0.3) is 11.5 Å². The SMILES string of the molecule is NCC(O)c1nnc(-c2ccoc2)o1. The van der Waals surface area contributed by atoms with E-state index in [-0.39, 0.29) is 12.4 Å². The number of hydrogen-bond donors (Lipinski definition) is 2. The molecule has 0 aliphatic heterocycles. The second-order valence-corrected chi connectivity index (χ2v) is 2.71. The van der Waals surface area contributed by atoms with Gasteiger partial charge >= 0.3 is 0 Å². The predicted octanol–water partition coefficient (Wildman–Crippen LogP) is 0.322. The van der Waals surface area contributed by atoms with Crippen LogP contribution < -0.4 is 5.73 Å². The molecule has 3 N–H and O–H groups in total. The summed E-state index contributed by atoms with van der Waals surface area (Å²) in [7, 11) is 0. The molecule has 0 aliphatic carbocycles. The molecule has 0 bridgehead atoms. The molecule has 6 heteroatoms. The largest absolute Gasteiger partial charge is 0.472 e. The molecule has 0 spiro atoms. The molecular formula is C8H9N3O3. The lowest BCUT2D eigenvalue weighted by molar-refractivity contribution is 0.152. The lowest BCUT2D eigenvalue weighted by atomic mass is 10.3. The number of aliphatic hydroxyl groups is 1. The normalized spacial score (nSPS) is 13.0. The van der Waals surface area contributed by atoms with Crippen LogP contribution in [-0.2, 0) is 0 Å². The van der Waals surface area contributed by atoms with Gasteiger partial charge in [0.25, 0.3) is 5.89 Å². The van der Waals surface area contributed by atoms with E-state index in [1.165, 1.54) is 12.5 Å². The molecule has 0 saturated heterocycles. The van der Waals surface area contributed by atoms with Crippen LogP contribution in [-0.4, -0.2) is 21.8 Å². The Labute approximate surface area is 79.3 Å². The van der Waals surface area contributed by atoms with E-state index < -0.39 is 6.10 Å². The van der Waals surface area contributed by atoms with Crippen molar-refractivity contribution >= 4 is 0 Å². The van der Waals surface area contributed by atoms with Gasteiger partial charge in [0.2, 0.25) is 5.89 Å². The fourth-order valence-electron chi connectivity index (χ4n) is 0.973. The first-order valence-electron chi connectivity index (χ1n) is 4.05. The topological polar surface area (TPSA) is 98.3 Å². The number of nitrogens with two attached hydrogens (primary N) is 1. The van der Waals surface area contributed by atoms with Gasteiger partial charge in [0.05, 0.1) is 11.8 Å². The van der Waals surface area contributed by atoms with Crippen molar-refractivity contribution in [2.75, 3.05) is 6.54 Å². The number of aromatic nitrogens is 2. The standard InChI is InChI=1S/C8H9N3O3/c9-3-6(12)8-11-10-7(14-8)5-1-2-13-4-5/h1-2,4,6,12H,3,9H2. The van der Waals surface area contributed by atoms with Crippen molar-refractivity contribution in [3.05, 3.63) is 24.5 Å². The third-order valence-electron chi connectivity index (χ3n) is 1.72. The zero-order chi connectivity index (χ0) is 9.97. The second-order valence-electron chi connectivity index (χ2n) is 2.71. The lowest BCUT2D eigenvalue weighted by Gasteiger charge is -1.98. The molecule has 2 heterocycles. The van der Waals surface area contributed by atoms with Crippen molar-refractivity contribution in [3.8, 4) is 11.5 Å². The Hall–Kier alpha value is -1.66. The maximum atomic E-state index is 9.30. The van der Waals surface area contributed by atoms with Crippen molar-refractivity contribution in [3.63, 3.8) is 0 Å². The number of rotatable bonds is 3. The summed E-state index contributed by atoms with van der Waals surface area (Å²) in [6, 6.07) is 1.69. The average Bonchev–Trinajstić information content (AvgIpc) is 2.86. The zero-order valence-corrected chi connectivity index (χ0v) is 7.25. The smallest absolute Gasteiger partial charge is 0.251 e. The van der Waals surface area contributed by atoms with Crippen LogP contribution in [0.15, 0.2) is 27.4 Å². The Morgan fingerprint density at radius 3 is 3.00 bits per heavy atom. The molecule has 0 aromatic carbocycles. The minimum Gasteiger partial charge on any atom is -0.472 e. The van der Waals surface area contributed by atoms with Gasteiger partial charge in [-0.15, -0.1) is 10.2 Å². The molecule has 2 aromatic rings. The van der Waals surface area contributed by atoms with Gasteiger partial charge in [-0.1, -0.05) is 0 Å². The third-order valence-corrected chi connectivity index (χ3v) is 1.72. The maximum Gasteiger partial charge on any atom is 0.251 e. The molecule has 1 atom stereocenters. The van der Waals surface area contributed by atoms with E-state index in [1.807, 2.05) is 0 Å². The van der Waals surface area contributed by atoms with E-state index in [0.29, 0.717) is 11.5 Å². The summed E-state index contributed by atoms with van der Waals surface area (Å²) in [5.41, 5.74) is 5.91. The zero-order valence-electron chi connectivity index (χ0n) is 7.25. The Kier molecular flexibility index (Phi) is 2.30. The van der Waals surface area contributed by atoms with Crippen LogP contribution in [0.5, 0.6) is 0 Å². The second kappa shape index (κ2) is 3.60. The van der Waals surface area contributed by atoms with Gasteiger partial charge in [-0.25, -0.2) is 0 Å². The lowest BCUT2D eigenvalue weighted by Crippen LogP contribution is -2.11. The number of aliphatic hydroxyl groups excluding tert-OH is 1. The van der Waals surface area contributed by atoms with E-state index in [9.17, 15) is 5.11 Å². The van der Waals surface area contributed by atoms with Crippen molar-refractivity contribution in [1.29, 1.82) is 0 Å². The van der Waals surface area contributed by atoms with Crippen LogP contribution in [0.3, 0.4) is 0 Å². The summed E-state index contributed by atoms with van der Waals surface area (Å²) >= 11 is 0. The van der Waals surface area contributed by atoms with Crippen LogP contribution >= 0.6 is 0 Å². The molecule has 0 radical (unpaired) electrons. The first-order valence-corrected chi connectivity index (χ1v) is 4.05. The van der Waals surface area contributed by atoms with Crippen molar-refractivity contribution < 1.29 is 13.9 Å². The molecular weight excluding hydrogens is 186 g/mol. The summed E-state index contributed by atoms with van der Waals surface area (Å²) < 4.78 is 10.0. The number of nitrogens with zero attached hydrogens (tertiary/aromatic N) is 2. The first kappa shape index (κ1) is 8.92. The highest BCUT2D eigenvalue weighted by Gasteiger charge is 2.15. The maximum absolute atomic E-state index is 9.30. The van der Waals surface area contributed by atoms with Gasteiger partial charge in [-0.2, -0.15) is 0 Å². The van der Waals surface area contributed by atoms with E-state index in [0.717, 1.165) is 0 Å². The minimum absolute atomic E-state index is 0.0486. The molecule has 0 amide bonds. The van der Waals surface area contributed by atoms with Gasteiger partial charge in [0.15, 0.2) is 0 Å². The van der Waals surface area contributed by atoms with E-state index in [1.54, 1.807) is 6.07 Å². The highest BCUT2D eigenvalue weighted by molar-refractivity contribution is 5.49. The van der Waals surface area contributed by atoms with E-state index >= 15 is 0 Å². The quantitative estimate of drug-likeness (QED) is 0.731. The first-order chi connectivity index (χ1) is 6.81. The monoisotopic (exact) mass is 195 g/mol. The fourth-order valence-corrected chi connectivity index (χ4v) is 0.973. The number of furan rings is 1. The Balaban J connectivity index is 2.26. The molecule has 2 rings (SSSR count). The summed E-state index contributed by atoms with van der Waals surface area (Å²) in [5.74, 6) is 0.421. The van der Waals surface area contributed by atoms with Crippen LogP contribution in [0.4, 0.5) is 0 Å². The van der Waals surface area contributed by atoms with E-state index in [2.05, 4.69) is 10.2 Å². The molecule has 0 aliphatic rings. The molecule has 74 valence electrons. The molecule has 2 aromatic heterocycles. The van der Waals surface area contributed by atoms with Crippen molar-refractivity contribution in [2.45, 2.75) is 6.10 Å². The van der Waals surface area contributed by atoms with Crippen LogP contribution in [0.2, 0.25) is 0 Å². The predicted molar refractivity (Wildman–Crippen MR) is 46.0 cm³/mol. The fraction of sp³-hybridized carbons (Fsp3) is 0.250. The summed E-state index contributed by atoms with van der Waals surface area (Å²) in [6.45, 7) is 0.0486. The summed E-state index contributed by atoms with van der Waals surface area (Å²) in [6.07, 6.45) is 2.06. The Bertz CT molecular complexity index is 396. The average molecular weight is 195 g/mol. The van der Waals surface area contributed by atoms with Crippen molar-refractivity contribution in [1.82, 2.24) is 10.2 Å². The highest BCUT2D eigenvalue weighted by Crippen LogP contribution is 2.20. The van der Waals surface area contributed by atoms with Gasteiger partial charge in [-0.3, -0.25) is 0 Å². The molecule has 1 unspecified atom stereocenters. The van der Waals surface area contributed by atoms with Crippen molar-refractivity contribution in [2.24, 2.45) is 5.73 Å². The number of hydrogen-bond acceptors (Lipinski definition) is 6. The summed E-state index contributed by atoms with van der Waals surface area (Å²) in [4.78, 5) is 0. The molecule has 0 saturated carbocycles. The third kappa shape index (κ3) is 1.52.